The first kappa shape index (κ1) is 15.5. The second-order valence-electron chi connectivity index (χ2n) is 4.71. The van der Waals surface area contributed by atoms with E-state index in [0.29, 0.717) is 0 Å². The van der Waals surface area contributed by atoms with Crippen molar-refractivity contribution >= 4 is 23.2 Å². The van der Waals surface area contributed by atoms with Crippen LogP contribution < -0.4 is 10.6 Å². The van der Waals surface area contributed by atoms with E-state index in [0.717, 1.165) is 11.4 Å². The molecule has 0 saturated heterocycles. The SMILES string of the molecule is O=C(C/C=C/CC(=O)Nc1ccccc1)Nc1ccccc1. The predicted molar refractivity (Wildman–Crippen MR) is 88.5 cm³/mol. The lowest BCUT2D eigenvalue weighted by molar-refractivity contribution is -0.116. The molecule has 0 aliphatic carbocycles. The zero-order chi connectivity index (χ0) is 15.6. The molecule has 0 aliphatic heterocycles. The summed E-state index contributed by atoms with van der Waals surface area (Å²) in [5.74, 6) is -0.211. The number of rotatable bonds is 6. The molecule has 0 saturated carbocycles. The van der Waals surface area contributed by atoms with Crippen molar-refractivity contribution in [3.05, 3.63) is 72.8 Å². The van der Waals surface area contributed by atoms with Gasteiger partial charge in [-0.05, 0) is 24.3 Å². The zero-order valence-corrected chi connectivity index (χ0v) is 12.2. The second kappa shape index (κ2) is 8.42. The topological polar surface area (TPSA) is 58.2 Å². The first-order valence-corrected chi connectivity index (χ1v) is 7.09. The van der Waals surface area contributed by atoms with Crippen LogP contribution in [-0.2, 0) is 9.59 Å². The molecule has 0 aromatic heterocycles. The Morgan fingerprint density at radius 1 is 0.682 bits per heavy atom. The third-order valence-electron chi connectivity index (χ3n) is 2.89. The molecule has 2 rings (SSSR count). The van der Waals surface area contributed by atoms with Gasteiger partial charge in [0.1, 0.15) is 0 Å². The quantitative estimate of drug-likeness (QED) is 0.800. The van der Waals surface area contributed by atoms with Crippen LogP contribution in [0.3, 0.4) is 0 Å². The molecule has 2 N–H and O–H groups in total. The third-order valence-corrected chi connectivity index (χ3v) is 2.89. The Morgan fingerprint density at radius 2 is 1.05 bits per heavy atom. The van der Waals surface area contributed by atoms with E-state index in [1.807, 2.05) is 60.7 Å². The maximum absolute atomic E-state index is 11.7. The lowest BCUT2D eigenvalue weighted by Crippen LogP contribution is -2.11. The van der Waals surface area contributed by atoms with Crippen molar-refractivity contribution in [3.8, 4) is 0 Å². The van der Waals surface area contributed by atoms with Gasteiger partial charge in [-0.2, -0.15) is 0 Å². The Bertz CT molecular complexity index is 579. The Kier molecular flexibility index (Phi) is 5.93. The number of para-hydroxylation sites is 2. The highest BCUT2D eigenvalue weighted by atomic mass is 16.2. The second-order valence-corrected chi connectivity index (χ2v) is 4.71. The van der Waals surface area contributed by atoms with Gasteiger partial charge < -0.3 is 10.6 Å². The van der Waals surface area contributed by atoms with E-state index in [1.165, 1.54) is 0 Å². The van der Waals surface area contributed by atoms with E-state index in [9.17, 15) is 9.59 Å². The van der Waals surface area contributed by atoms with Crippen molar-refractivity contribution < 1.29 is 9.59 Å². The standard InChI is InChI=1S/C18H18N2O2/c21-17(19-15-9-3-1-4-10-15)13-7-8-14-18(22)20-16-11-5-2-6-12-16/h1-12H,13-14H2,(H,19,21)(H,20,22)/b8-7+. The Morgan fingerprint density at radius 3 is 1.41 bits per heavy atom. The van der Waals surface area contributed by atoms with Crippen molar-refractivity contribution in [1.82, 2.24) is 0 Å². The van der Waals surface area contributed by atoms with Crippen LogP contribution in [0.2, 0.25) is 0 Å². The van der Waals surface area contributed by atoms with Crippen LogP contribution in [0.4, 0.5) is 11.4 Å². The monoisotopic (exact) mass is 294 g/mol. The molecule has 2 aromatic rings. The van der Waals surface area contributed by atoms with Crippen LogP contribution in [0.5, 0.6) is 0 Å². The summed E-state index contributed by atoms with van der Waals surface area (Å²) in [6, 6.07) is 18.5. The van der Waals surface area contributed by atoms with Gasteiger partial charge >= 0.3 is 0 Å². The van der Waals surface area contributed by atoms with Crippen molar-refractivity contribution in [2.75, 3.05) is 10.6 Å². The number of amides is 2. The fraction of sp³-hybridized carbons (Fsp3) is 0.111. The third kappa shape index (κ3) is 5.63. The minimum absolute atomic E-state index is 0.106. The van der Waals surface area contributed by atoms with E-state index in [1.54, 1.807) is 12.2 Å². The maximum atomic E-state index is 11.7. The van der Waals surface area contributed by atoms with Gasteiger partial charge in [-0.25, -0.2) is 0 Å². The summed E-state index contributed by atoms with van der Waals surface area (Å²) >= 11 is 0. The fourth-order valence-corrected chi connectivity index (χ4v) is 1.85. The first-order valence-electron chi connectivity index (χ1n) is 7.09. The molecule has 0 heterocycles. The summed E-state index contributed by atoms with van der Waals surface area (Å²) in [4.78, 5) is 23.4. The van der Waals surface area contributed by atoms with Crippen molar-refractivity contribution in [2.45, 2.75) is 12.8 Å². The van der Waals surface area contributed by atoms with Gasteiger partial charge in [0.05, 0.1) is 0 Å². The summed E-state index contributed by atoms with van der Waals surface area (Å²) in [6.07, 6.45) is 3.88. The van der Waals surface area contributed by atoms with Crippen LogP contribution in [0, 0.1) is 0 Å². The van der Waals surface area contributed by atoms with E-state index < -0.39 is 0 Å². The lowest BCUT2D eigenvalue weighted by Gasteiger charge is -2.03. The normalized spacial score (nSPS) is 10.4. The minimum atomic E-state index is -0.106. The van der Waals surface area contributed by atoms with Gasteiger partial charge in [0.25, 0.3) is 0 Å². The number of carbonyl (C=O) groups excluding carboxylic acids is 2. The molecule has 0 atom stereocenters. The molecule has 0 unspecified atom stereocenters. The number of hydrogen-bond donors (Lipinski definition) is 2. The maximum Gasteiger partial charge on any atom is 0.228 e. The number of nitrogens with one attached hydrogen (secondary N) is 2. The van der Waals surface area contributed by atoms with E-state index in [-0.39, 0.29) is 24.7 Å². The largest absolute Gasteiger partial charge is 0.326 e. The summed E-state index contributed by atoms with van der Waals surface area (Å²) in [5, 5.41) is 5.56. The summed E-state index contributed by atoms with van der Waals surface area (Å²) in [7, 11) is 0. The number of hydrogen-bond acceptors (Lipinski definition) is 2. The zero-order valence-electron chi connectivity index (χ0n) is 12.2. The van der Waals surface area contributed by atoms with Crippen molar-refractivity contribution in [1.29, 1.82) is 0 Å². The van der Waals surface area contributed by atoms with Crippen molar-refractivity contribution in [2.24, 2.45) is 0 Å². The summed E-state index contributed by atoms with van der Waals surface area (Å²) in [6.45, 7) is 0. The Hall–Kier alpha value is -2.88. The molecule has 112 valence electrons. The predicted octanol–water partition coefficient (Wildman–Crippen LogP) is 3.60. The molecule has 0 fully saturated rings. The molecule has 4 nitrogen and oxygen atoms in total. The van der Waals surface area contributed by atoms with Crippen LogP contribution in [0.25, 0.3) is 0 Å². The summed E-state index contributed by atoms with van der Waals surface area (Å²) in [5.41, 5.74) is 1.53. The smallest absolute Gasteiger partial charge is 0.228 e. The van der Waals surface area contributed by atoms with E-state index in [2.05, 4.69) is 10.6 Å². The first-order chi connectivity index (χ1) is 10.7. The Balaban J connectivity index is 1.69. The molecule has 0 radical (unpaired) electrons. The van der Waals surface area contributed by atoms with Crippen LogP contribution in [-0.4, -0.2) is 11.8 Å². The van der Waals surface area contributed by atoms with Gasteiger partial charge in [-0.15, -0.1) is 0 Å². The van der Waals surface area contributed by atoms with Crippen molar-refractivity contribution in [3.63, 3.8) is 0 Å². The molecule has 22 heavy (non-hydrogen) atoms. The average Bonchev–Trinajstić information content (AvgIpc) is 2.53. The highest BCUT2D eigenvalue weighted by Crippen LogP contribution is 2.07. The molecular formula is C18H18N2O2. The molecule has 0 bridgehead atoms. The molecule has 2 amide bonds. The minimum Gasteiger partial charge on any atom is -0.326 e. The van der Waals surface area contributed by atoms with Crippen LogP contribution >= 0.6 is 0 Å². The fourth-order valence-electron chi connectivity index (χ4n) is 1.85. The van der Waals surface area contributed by atoms with Crippen LogP contribution in [0.1, 0.15) is 12.8 Å². The molecular weight excluding hydrogens is 276 g/mol. The van der Waals surface area contributed by atoms with E-state index in [4.69, 9.17) is 0 Å². The highest BCUT2D eigenvalue weighted by Gasteiger charge is 2.00. The number of anilines is 2. The number of carbonyl (C=O) groups is 2. The molecule has 2 aromatic carbocycles. The van der Waals surface area contributed by atoms with Gasteiger partial charge in [0.2, 0.25) is 11.8 Å². The summed E-state index contributed by atoms with van der Waals surface area (Å²) < 4.78 is 0. The lowest BCUT2D eigenvalue weighted by atomic mass is 10.2. The Labute approximate surface area is 129 Å². The highest BCUT2D eigenvalue weighted by molar-refractivity contribution is 5.93. The molecule has 4 heteroatoms. The molecule has 0 spiro atoms. The van der Waals surface area contributed by atoms with Gasteiger partial charge in [-0.1, -0.05) is 48.6 Å². The van der Waals surface area contributed by atoms with Gasteiger partial charge in [0, 0.05) is 24.2 Å². The van der Waals surface area contributed by atoms with Gasteiger partial charge in [0.15, 0.2) is 0 Å². The number of benzene rings is 2. The average molecular weight is 294 g/mol. The van der Waals surface area contributed by atoms with Gasteiger partial charge in [-0.3, -0.25) is 9.59 Å². The van der Waals surface area contributed by atoms with Crippen LogP contribution in [0.15, 0.2) is 72.8 Å². The molecule has 0 aliphatic rings. The van der Waals surface area contributed by atoms with E-state index >= 15 is 0 Å².